The van der Waals surface area contributed by atoms with Gasteiger partial charge in [0, 0.05) is 50.9 Å². The summed E-state index contributed by atoms with van der Waals surface area (Å²) in [6.07, 6.45) is 4.13. The highest BCUT2D eigenvalue weighted by molar-refractivity contribution is 5.83. The van der Waals surface area contributed by atoms with Crippen molar-refractivity contribution in [3.05, 3.63) is 78.0 Å². The third-order valence-electron chi connectivity index (χ3n) is 5.59. The predicted molar refractivity (Wildman–Crippen MR) is 120 cm³/mol. The topological polar surface area (TPSA) is 52.6 Å². The van der Waals surface area contributed by atoms with Crippen LogP contribution >= 0.6 is 0 Å². The van der Waals surface area contributed by atoms with Crippen molar-refractivity contribution in [1.29, 1.82) is 0 Å². The van der Waals surface area contributed by atoms with E-state index in [2.05, 4.69) is 80.1 Å². The molecule has 1 aromatic heterocycles. The van der Waals surface area contributed by atoms with Crippen molar-refractivity contribution in [2.45, 2.75) is 32.0 Å². The fourth-order valence-electron chi connectivity index (χ4n) is 3.95. The van der Waals surface area contributed by atoms with Crippen molar-refractivity contribution in [3.8, 4) is 0 Å². The maximum Gasteiger partial charge on any atom is 0.191 e. The number of aliphatic imine (C=N–C) groups is 1. The molecule has 5 nitrogen and oxygen atoms in total. The minimum atomic E-state index is 0.461. The quantitative estimate of drug-likeness (QED) is 0.519. The standard InChI is InChI=1S/C24H29N5/c1-25-24(27-17-20-11-14-26-23-10-6-5-9-22(20)23)28-21-12-15-29(16-13-21)18-19-7-3-2-4-8-19/h2-11,14,21H,12-13,15-18H2,1H3,(H2,25,27,28). The Kier molecular flexibility index (Phi) is 6.37. The molecule has 3 aromatic rings. The summed E-state index contributed by atoms with van der Waals surface area (Å²) < 4.78 is 0. The Morgan fingerprint density at radius 2 is 1.79 bits per heavy atom. The van der Waals surface area contributed by atoms with E-state index < -0.39 is 0 Å². The van der Waals surface area contributed by atoms with Crippen LogP contribution in [-0.4, -0.2) is 42.0 Å². The summed E-state index contributed by atoms with van der Waals surface area (Å²) in [5, 5.41) is 8.27. The van der Waals surface area contributed by atoms with Gasteiger partial charge in [-0.15, -0.1) is 0 Å². The van der Waals surface area contributed by atoms with Crippen LogP contribution in [0.15, 0.2) is 71.9 Å². The van der Waals surface area contributed by atoms with Crippen molar-refractivity contribution >= 4 is 16.9 Å². The second-order valence-electron chi connectivity index (χ2n) is 7.59. The lowest BCUT2D eigenvalue weighted by Crippen LogP contribution is -2.48. The summed E-state index contributed by atoms with van der Waals surface area (Å²) >= 11 is 0. The number of aromatic nitrogens is 1. The summed E-state index contributed by atoms with van der Waals surface area (Å²) in [7, 11) is 1.84. The third kappa shape index (κ3) is 5.12. The maximum atomic E-state index is 4.44. The van der Waals surface area contributed by atoms with Crippen molar-refractivity contribution in [2.75, 3.05) is 20.1 Å². The number of para-hydroxylation sites is 1. The molecule has 0 radical (unpaired) electrons. The Morgan fingerprint density at radius 3 is 2.59 bits per heavy atom. The smallest absolute Gasteiger partial charge is 0.191 e. The van der Waals surface area contributed by atoms with E-state index in [0.717, 1.165) is 50.5 Å². The number of fused-ring (bicyclic) bond motifs is 1. The summed E-state index contributed by atoms with van der Waals surface area (Å²) in [6.45, 7) is 3.99. The van der Waals surface area contributed by atoms with Gasteiger partial charge in [0.15, 0.2) is 5.96 Å². The molecular formula is C24H29N5. The third-order valence-corrected chi connectivity index (χ3v) is 5.59. The lowest BCUT2D eigenvalue weighted by molar-refractivity contribution is 0.198. The predicted octanol–water partition coefficient (Wildman–Crippen LogP) is 3.56. The van der Waals surface area contributed by atoms with Crippen LogP contribution in [0.3, 0.4) is 0 Å². The molecule has 0 aliphatic carbocycles. The SMILES string of the molecule is CN=C(NCc1ccnc2ccccc12)NC1CCN(Cc2ccccc2)CC1. The number of pyridine rings is 1. The Morgan fingerprint density at radius 1 is 1.03 bits per heavy atom. The number of nitrogens with zero attached hydrogens (tertiary/aromatic N) is 3. The van der Waals surface area contributed by atoms with E-state index in [1.807, 2.05) is 19.3 Å². The highest BCUT2D eigenvalue weighted by Gasteiger charge is 2.20. The summed E-state index contributed by atoms with van der Waals surface area (Å²) in [5.74, 6) is 0.868. The van der Waals surface area contributed by atoms with Crippen molar-refractivity contribution < 1.29 is 0 Å². The van der Waals surface area contributed by atoms with E-state index in [1.54, 1.807) is 0 Å². The zero-order valence-corrected chi connectivity index (χ0v) is 17.0. The van der Waals surface area contributed by atoms with Gasteiger partial charge >= 0.3 is 0 Å². The normalized spacial score (nSPS) is 16.1. The second-order valence-corrected chi connectivity index (χ2v) is 7.59. The van der Waals surface area contributed by atoms with Gasteiger partial charge in [-0.1, -0.05) is 48.5 Å². The first-order chi connectivity index (χ1) is 14.3. The number of hydrogen-bond acceptors (Lipinski definition) is 3. The van der Waals surface area contributed by atoms with Gasteiger partial charge in [-0.3, -0.25) is 14.9 Å². The van der Waals surface area contributed by atoms with E-state index in [1.165, 1.54) is 16.5 Å². The van der Waals surface area contributed by atoms with Gasteiger partial charge < -0.3 is 10.6 Å². The Labute approximate surface area is 172 Å². The molecular weight excluding hydrogens is 358 g/mol. The molecule has 5 heteroatoms. The highest BCUT2D eigenvalue weighted by Crippen LogP contribution is 2.16. The van der Waals surface area contributed by atoms with E-state index in [4.69, 9.17) is 0 Å². The Balaban J connectivity index is 1.28. The molecule has 29 heavy (non-hydrogen) atoms. The first-order valence-corrected chi connectivity index (χ1v) is 10.4. The molecule has 0 unspecified atom stereocenters. The molecule has 2 N–H and O–H groups in total. The van der Waals surface area contributed by atoms with Gasteiger partial charge in [-0.05, 0) is 36.1 Å². The zero-order chi connectivity index (χ0) is 19.9. The molecule has 4 rings (SSSR count). The second kappa shape index (κ2) is 9.52. The number of guanidine groups is 1. The summed E-state index contributed by atoms with van der Waals surface area (Å²) in [4.78, 5) is 11.4. The van der Waals surface area contributed by atoms with Crippen LogP contribution in [0.1, 0.15) is 24.0 Å². The Hall–Kier alpha value is -2.92. The van der Waals surface area contributed by atoms with Crippen LogP contribution < -0.4 is 10.6 Å². The summed E-state index contributed by atoms with van der Waals surface area (Å²) in [6, 6.07) is 21.5. The molecule has 0 saturated carbocycles. The van der Waals surface area contributed by atoms with Crippen LogP contribution in [0.25, 0.3) is 10.9 Å². The average Bonchev–Trinajstić information content (AvgIpc) is 2.78. The molecule has 2 heterocycles. The van der Waals surface area contributed by atoms with Crippen LogP contribution in [0.5, 0.6) is 0 Å². The number of likely N-dealkylation sites (tertiary alicyclic amines) is 1. The molecule has 0 spiro atoms. The number of benzene rings is 2. The Bertz CT molecular complexity index is 940. The zero-order valence-electron chi connectivity index (χ0n) is 17.0. The van der Waals surface area contributed by atoms with Gasteiger partial charge in [0.25, 0.3) is 0 Å². The minimum Gasteiger partial charge on any atom is -0.354 e. The van der Waals surface area contributed by atoms with Crippen LogP contribution in [0, 0.1) is 0 Å². The molecule has 150 valence electrons. The van der Waals surface area contributed by atoms with E-state index in [-0.39, 0.29) is 0 Å². The molecule has 1 aliphatic heterocycles. The number of rotatable bonds is 5. The lowest BCUT2D eigenvalue weighted by Gasteiger charge is -2.33. The largest absolute Gasteiger partial charge is 0.354 e. The fourth-order valence-corrected chi connectivity index (χ4v) is 3.95. The van der Waals surface area contributed by atoms with E-state index in [9.17, 15) is 0 Å². The first-order valence-electron chi connectivity index (χ1n) is 10.4. The van der Waals surface area contributed by atoms with Crippen LogP contribution in [0.2, 0.25) is 0 Å². The molecule has 1 saturated heterocycles. The van der Waals surface area contributed by atoms with Crippen molar-refractivity contribution in [2.24, 2.45) is 4.99 Å². The average molecular weight is 388 g/mol. The van der Waals surface area contributed by atoms with Crippen LogP contribution in [-0.2, 0) is 13.1 Å². The van der Waals surface area contributed by atoms with Crippen molar-refractivity contribution in [3.63, 3.8) is 0 Å². The maximum absolute atomic E-state index is 4.44. The molecule has 0 bridgehead atoms. The number of piperidine rings is 1. The number of nitrogens with one attached hydrogen (secondary N) is 2. The molecule has 1 fully saturated rings. The molecule has 2 aromatic carbocycles. The molecule has 0 atom stereocenters. The van der Waals surface area contributed by atoms with E-state index in [0.29, 0.717) is 6.04 Å². The number of hydrogen-bond donors (Lipinski definition) is 2. The van der Waals surface area contributed by atoms with Crippen molar-refractivity contribution in [1.82, 2.24) is 20.5 Å². The first kappa shape index (κ1) is 19.4. The van der Waals surface area contributed by atoms with Crippen LogP contribution in [0.4, 0.5) is 0 Å². The minimum absolute atomic E-state index is 0.461. The molecule has 1 aliphatic rings. The molecule has 0 amide bonds. The monoisotopic (exact) mass is 387 g/mol. The van der Waals surface area contributed by atoms with Gasteiger partial charge in [-0.2, -0.15) is 0 Å². The van der Waals surface area contributed by atoms with Gasteiger partial charge in [0.2, 0.25) is 0 Å². The summed E-state index contributed by atoms with van der Waals surface area (Å²) in [5.41, 5.74) is 3.65. The highest BCUT2D eigenvalue weighted by atomic mass is 15.2. The lowest BCUT2D eigenvalue weighted by atomic mass is 10.0. The van der Waals surface area contributed by atoms with Gasteiger partial charge in [0.1, 0.15) is 0 Å². The van der Waals surface area contributed by atoms with Gasteiger partial charge in [0.05, 0.1) is 5.52 Å². The van der Waals surface area contributed by atoms with Gasteiger partial charge in [-0.25, -0.2) is 0 Å². The van der Waals surface area contributed by atoms with E-state index >= 15 is 0 Å². The fraction of sp³-hybridized carbons (Fsp3) is 0.333.